The van der Waals surface area contributed by atoms with Crippen LogP contribution in [0.3, 0.4) is 0 Å². The van der Waals surface area contributed by atoms with Crippen LogP contribution in [0.2, 0.25) is 5.15 Å². The Bertz CT molecular complexity index is 581. The van der Waals surface area contributed by atoms with Crippen molar-refractivity contribution in [2.75, 3.05) is 0 Å². The summed E-state index contributed by atoms with van der Waals surface area (Å²) >= 11 is 8.80. The minimum atomic E-state index is -0.800. The molecule has 3 nitrogen and oxygen atoms in total. The van der Waals surface area contributed by atoms with Crippen molar-refractivity contribution in [1.82, 2.24) is 9.97 Å². The maximum Gasteiger partial charge on any atom is 0.169 e. The number of ether oxygens (including phenoxy) is 1. The van der Waals surface area contributed by atoms with Crippen molar-refractivity contribution in [1.29, 1.82) is 0 Å². The number of nitrogens with zero attached hydrogens (tertiary/aromatic N) is 2. The van der Waals surface area contributed by atoms with Gasteiger partial charge in [0.1, 0.15) is 17.6 Å². The van der Waals surface area contributed by atoms with Crippen molar-refractivity contribution in [3.63, 3.8) is 0 Å². The van der Waals surface area contributed by atoms with Crippen LogP contribution in [0.25, 0.3) is 0 Å². The molecule has 1 aromatic heterocycles. The molecule has 1 heterocycles. The molecule has 0 fully saturated rings. The first-order valence-corrected chi connectivity index (χ1v) is 6.40. The average Bonchev–Trinajstić information content (AvgIpc) is 2.25. The van der Waals surface area contributed by atoms with Gasteiger partial charge >= 0.3 is 0 Å². The molecule has 0 atom stereocenters. The maximum atomic E-state index is 13.5. The van der Waals surface area contributed by atoms with Gasteiger partial charge in [0.05, 0.1) is 4.47 Å². The lowest BCUT2D eigenvalue weighted by atomic mass is 10.3. The highest BCUT2D eigenvalue weighted by molar-refractivity contribution is 9.10. The summed E-state index contributed by atoms with van der Waals surface area (Å²) in [6, 6.07) is 3.45. The van der Waals surface area contributed by atoms with Crippen molar-refractivity contribution in [2.24, 2.45) is 0 Å². The monoisotopic (exact) mass is 348 g/mol. The van der Waals surface area contributed by atoms with Gasteiger partial charge in [-0.2, -0.15) is 0 Å². The molecule has 2 rings (SSSR count). The summed E-state index contributed by atoms with van der Waals surface area (Å²) in [4.78, 5) is 8.04. The van der Waals surface area contributed by atoms with E-state index in [4.69, 9.17) is 16.3 Å². The van der Waals surface area contributed by atoms with Gasteiger partial charge in [0.15, 0.2) is 17.4 Å². The Balaban J connectivity index is 2.19. The van der Waals surface area contributed by atoms with E-state index in [0.29, 0.717) is 11.5 Å². The Morgan fingerprint density at radius 2 is 2.00 bits per heavy atom. The summed E-state index contributed by atoms with van der Waals surface area (Å²) in [7, 11) is 0. The minimum absolute atomic E-state index is 0.0669. The van der Waals surface area contributed by atoms with Crippen molar-refractivity contribution in [3.05, 3.63) is 51.0 Å². The summed E-state index contributed by atoms with van der Waals surface area (Å²) < 4.78 is 31.9. The molecule has 19 heavy (non-hydrogen) atoms. The fraction of sp³-hybridized carbons (Fsp3) is 0.167. The SMILES string of the molecule is Cc1cc(Cl)nc(COc2c(F)cc(F)cc2Br)n1. The second-order valence-electron chi connectivity index (χ2n) is 3.74. The van der Waals surface area contributed by atoms with Crippen LogP contribution in [-0.4, -0.2) is 9.97 Å². The predicted octanol–water partition coefficient (Wildman–Crippen LogP) is 4.06. The Labute approximate surface area is 121 Å². The highest BCUT2D eigenvalue weighted by Gasteiger charge is 2.12. The van der Waals surface area contributed by atoms with Crippen molar-refractivity contribution in [2.45, 2.75) is 13.5 Å². The Hall–Kier alpha value is -1.27. The zero-order valence-corrected chi connectivity index (χ0v) is 12.1. The molecule has 0 radical (unpaired) electrons. The number of halogens is 4. The topological polar surface area (TPSA) is 35.0 Å². The molecule has 0 amide bonds. The second-order valence-corrected chi connectivity index (χ2v) is 4.98. The summed E-state index contributed by atoms with van der Waals surface area (Å²) in [6.45, 7) is 1.69. The number of benzene rings is 1. The molecule has 2 aromatic rings. The fourth-order valence-electron chi connectivity index (χ4n) is 1.46. The molecule has 0 spiro atoms. The number of aryl methyl sites for hydroxylation is 1. The van der Waals surface area contributed by atoms with E-state index in [2.05, 4.69) is 25.9 Å². The second kappa shape index (κ2) is 5.79. The van der Waals surface area contributed by atoms with Gasteiger partial charge in [-0.1, -0.05) is 11.6 Å². The normalized spacial score (nSPS) is 10.6. The molecule has 0 saturated carbocycles. The van der Waals surface area contributed by atoms with E-state index < -0.39 is 11.6 Å². The molecule has 0 unspecified atom stereocenters. The predicted molar refractivity (Wildman–Crippen MR) is 70.2 cm³/mol. The molecular formula is C12H8BrClF2N2O. The van der Waals surface area contributed by atoms with Gasteiger partial charge in [-0.3, -0.25) is 0 Å². The Morgan fingerprint density at radius 1 is 1.26 bits per heavy atom. The molecule has 0 N–H and O–H groups in total. The Morgan fingerprint density at radius 3 is 2.63 bits per heavy atom. The summed E-state index contributed by atoms with van der Waals surface area (Å²) in [5, 5.41) is 0.282. The fourth-order valence-corrected chi connectivity index (χ4v) is 2.23. The van der Waals surface area contributed by atoms with Crippen LogP contribution in [-0.2, 0) is 6.61 Å². The molecule has 0 aliphatic carbocycles. The van der Waals surface area contributed by atoms with E-state index in [-0.39, 0.29) is 22.0 Å². The van der Waals surface area contributed by atoms with Crippen molar-refractivity contribution >= 4 is 27.5 Å². The molecule has 0 aliphatic rings. The molecule has 7 heteroatoms. The van der Waals surface area contributed by atoms with E-state index in [1.807, 2.05) is 0 Å². The lowest BCUT2D eigenvalue weighted by Gasteiger charge is -2.09. The lowest BCUT2D eigenvalue weighted by molar-refractivity contribution is 0.278. The summed E-state index contributed by atoms with van der Waals surface area (Å²) in [5.74, 6) is -1.26. The van der Waals surface area contributed by atoms with Gasteiger partial charge in [-0.25, -0.2) is 18.7 Å². The van der Waals surface area contributed by atoms with Crippen LogP contribution in [0.5, 0.6) is 5.75 Å². The van der Waals surface area contributed by atoms with Gasteiger partial charge in [0.25, 0.3) is 0 Å². The third kappa shape index (κ3) is 3.61. The van der Waals surface area contributed by atoms with Crippen LogP contribution in [0.4, 0.5) is 8.78 Å². The maximum absolute atomic E-state index is 13.5. The minimum Gasteiger partial charge on any atom is -0.481 e. The van der Waals surface area contributed by atoms with E-state index >= 15 is 0 Å². The quantitative estimate of drug-likeness (QED) is 0.784. The number of aromatic nitrogens is 2. The molecule has 0 bridgehead atoms. The number of hydrogen-bond donors (Lipinski definition) is 0. The molecular weight excluding hydrogens is 341 g/mol. The summed E-state index contributed by atoms with van der Waals surface area (Å²) in [5.41, 5.74) is 0.678. The number of hydrogen-bond acceptors (Lipinski definition) is 3. The first-order valence-electron chi connectivity index (χ1n) is 5.23. The van der Waals surface area contributed by atoms with Gasteiger partial charge < -0.3 is 4.74 Å². The number of rotatable bonds is 3. The van der Waals surface area contributed by atoms with Gasteiger partial charge in [-0.05, 0) is 35.0 Å². The van der Waals surface area contributed by atoms with Crippen LogP contribution in [0.1, 0.15) is 11.5 Å². The van der Waals surface area contributed by atoms with Crippen LogP contribution >= 0.6 is 27.5 Å². The van der Waals surface area contributed by atoms with E-state index in [1.165, 1.54) is 0 Å². The average molecular weight is 350 g/mol. The molecule has 0 saturated heterocycles. The molecule has 1 aromatic carbocycles. The Kier molecular flexibility index (Phi) is 4.31. The van der Waals surface area contributed by atoms with E-state index in [1.54, 1.807) is 13.0 Å². The smallest absolute Gasteiger partial charge is 0.169 e. The summed E-state index contributed by atoms with van der Waals surface area (Å²) in [6.07, 6.45) is 0. The third-order valence-corrected chi connectivity index (χ3v) is 2.96. The first-order chi connectivity index (χ1) is 8.95. The van der Waals surface area contributed by atoms with E-state index in [9.17, 15) is 8.78 Å². The lowest BCUT2D eigenvalue weighted by Crippen LogP contribution is -2.04. The highest BCUT2D eigenvalue weighted by atomic mass is 79.9. The molecule has 100 valence electrons. The zero-order chi connectivity index (χ0) is 14.0. The van der Waals surface area contributed by atoms with Gasteiger partial charge in [0.2, 0.25) is 0 Å². The van der Waals surface area contributed by atoms with Gasteiger partial charge in [-0.15, -0.1) is 0 Å². The highest BCUT2D eigenvalue weighted by Crippen LogP contribution is 2.29. The zero-order valence-electron chi connectivity index (χ0n) is 9.75. The van der Waals surface area contributed by atoms with Crippen LogP contribution in [0, 0.1) is 18.6 Å². The van der Waals surface area contributed by atoms with Crippen LogP contribution < -0.4 is 4.74 Å². The third-order valence-electron chi connectivity index (χ3n) is 2.18. The van der Waals surface area contributed by atoms with Gasteiger partial charge in [0, 0.05) is 11.8 Å². The van der Waals surface area contributed by atoms with E-state index in [0.717, 1.165) is 12.1 Å². The largest absolute Gasteiger partial charge is 0.481 e. The molecule has 0 aliphatic heterocycles. The first kappa shape index (κ1) is 14.1. The van der Waals surface area contributed by atoms with Crippen molar-refractivity contribution in [3.8, 4) is 5.75 Å². The van der Waals surface area contributed by atoms with Crippen LogP contribution in [0.15, 0.2) is 22.7 Å². The van der Waals surface area contributed by atoms with Crippen molar-refractivity contribution < 1.29 is 13.5 Å². The standard InChI is InChI=1S/C12H8BrClF2N2O/c1-6-2-10(14)18-11(17-6)5-19-12-8(13)3-7(15)4-9(12)16/h2-4H,5H2,1H3.